The van der Waals surface area contributed by atoms with Gasteiger partial charge in [0.1, 0.15) is 6.10 Å². The van der Waals surface area contributed by atoms with Crippen LogP contribution in [0, 0.1) is 17.8 Å². The Kier molecular flexibility index (Phi) is 11.1. The minimum absolute atomic E-state index is 0.0945. The normalized spacial score (nSPS) is 27.0. The van der Waals surface area contributed by atoms with Crippen LogP contribution in [0.3, 0.4) is 0 Å². The van der Waals surface area contributed by atoms with Crippen LogP contribution in [0.1, 0.15) is 52.4 Å². The van der Waals surface area contributed by atoms with E-state index in [0.29, 0.717) is 19.3 Å². The highest BCUT2D eigenvalue weighted by Crippen LogP contribution is 2.44. The summed E-state index contributed by atoms with van der Waals surface area (Å²) in [6.07, 6.45) is 3.13. The van der Waals surface area contributed by atoms with E-state index in [1.807, 2.05) is 6.08 Å². The maximum Gasteiger partial charge on any atom is 0.347 e. The van der Waals surface area contributed by atoms with Gasteiger partial charge in [-0.2, -0.15) is 0 Å². The summed E-state index contributed by atoms with van der Waals surface area (Å²) in [6.45, 7) is 3.88. The number of halogens is 2. The molecule has 0 heterocycles. The molecule has 10 heteroatoms. The minimum atomic E-state index is -1.81. The molecular weight excluding hydrogens is 535 g/mol. The Morgan fingerprint density at radius 1 is 1.16 bits per heavy atom. The Morgan fingerprint density at radius 2 is 1.84 bits per heavy atom. The van der Waals surface area contributed by atoms with Gasteiger partial charge in [-0.25, -0.2) is 9.59 Å². The topological polar surface area (TPSA) is 134 Å². The molecule has 38 heavy (non-hydrogen) atoms. The molecule has 0 spiro atoms. The largest absolute Gasteiger partial charge is 0.479 e. The third-order valence-corrected chi connectivity index (χ3v) is 7.95. The van der Waals surface area contributed by atoms with Gasteiger partial charge in [0, 0.05) is 12.3 Å². The van der Waals surface area contributed by atoms with Crippen LogP contribution in [-0.4, -0.2) is 62.9 Å². The fourth-order valence-corrected chi connectivity index (χ4v) is 5.79. The highest BCUT2D eigenvalue weighted by molar-refractivity contribution is 6.37. The highest BCUT2D eigenvalue weighted by Gasteiger charge is 2.42. The zero-order chi connectivity index (χ0) is 28.0. The monoisotopic (exact) mass is 570 g/mol. The van der Waals surface area contributed by atoms with E-state index in [1.54, 1.807) is 31.2 Å². The van der Waals surface area contributed by atoms with E-state index in [-0.39, 0.29) is 46.4 Å². The molecule has 1 aromatic rings. The molecule has 2 aliphatic carbocycles. The molecule has 8 unspecified atom stereocenters. The molecule has 8 nitrogen and oxygen atoms in total. The van der Waals surface area contributed by atoms with Crippen LogP contribution in [0.2, 0.25) is 10.0 Å². The Labute approximate surface area is 232 Å². The third-order valence-electron chi connectivity index (χ3n) is 7.36. The van der Waals surface area contributed by atoms with Gasteiger partial charge in [-0.05, 0) is 48.8 Å². The Bertz CT molecular complexity index is 1020. The van der Waals surface area contributed by atoms with Gasteiger partial charge in [0.25, 0.3) is 0 Å². The van der Waals surface area contributed by atoms with E-state index in [9.17, 15) is 24.9 Å². The van der Waals surface area contributed by atoms with Crippen LogP contribution in [0.15, 0.2) is 42.0 Å². The summed E-state index contributed by atoms with van der Waals surface area (Å²) in [5.74, 6) is -1.67. The molecule has 8 atom stereocenters. The van der Waals surface area contributed by atoms with Gasteiger partial charge < -0.3 is 29.9 Å². The standard InChI is InChI=1S/C28H36Cl2O8/c1-3-22(37-26-19(29)8-6-9-20(26)30)28(36)38-23-14-17(31)13-16-12-11-15(2)18(24(16)23)7-4-5-10-21(32)25(33)27(34)35/h6,8-9,11-13,15,17-18,21-25,31-33H,3-5,7,10,14H2,1-2H3,(H,34,35). The second kappa shape index (κ2) is 13.8. The molecule has 210 valence electrons. The minimum Gasteiger partial charge on any atom is -0.479 e. The number of esters is 1. The van der Waals surface area contributed by atoms with Gasteiger partial charge in [-0.15, -0.1) is 0 Å². The number of hydrogen-bond acceptors (Lipinski definition) is 7. The molecular formula is C28H36Cl2O8. The molecule has 0 bridgehead atoms. The molecule has 0 aliphatic heterocycles. The second-order valence-electron chi connectivity index (χ2n) is 10.1. The number of carbonyl (C=O) groups is 2. The van der Waals surface area contributed by atoms with E-state index in [1.165, 1.54) is 0 Å². The number of aliphatic hydroxyl groups is 3. The van der Waals surface area contributed by atoms with Crippen LogP contribution in [-0.2, 0) is 14.3 Å². The van der Waals surface area contributed by atoms with E-state index < -0.39 is 42.5 Å². The van der Waals surface area contributed by atoms with Crippen LogP contribution in [0.25, 0.3) is 0 Å². The lowest BCUT2D eigenvalue weighted by Gasteiger charge is -2.43. The van der Waals surface area contributed by atoms with Crippen LogP contribution < -0.4 is 4.74 Å². The number of hydrogen-bond donors (Lipinski definition) is 4. The van der Waals surface area contributed by atoms with Gasteiger partial charge in [0.05, 0.1) is 22.3 Å². The zero-order valence-corrected chi connectivity index (χ0v) is 23.0. The van der Waals surface area contributed by atoms with E-state index in [4.69, 9.17) is 37.8 Å². The molecule has 0 fully saturated rings. The third kappa shape index (κ3) is 7.51. The zero-order valence-electron chi connectivity index (χ0n) is 21.5. The second-order valence-corrected chi connectivity index (χ2v) is 10.9. The summed E-state index contributed by atoms with van der Waals surface area (Å²) in [4.78, 5) is 24.1. The van der Waals surface area contributed by atoms with Crippen LogP contribution >= 0.6 is 23.2 Å². The molecule has 3 rings (SSSR count). The number of ether oxygens (including phenoxy) is 2. The van der Waals surface area contributed by atoms with Gasteiger partial charge in [0.2, 0.25) is 0 Å². The van der Waals surface area contributed by atoms with E-state index >= 15 is 0 Å². The average Bonchev–Trinajstić information content (AvgIpc) is 2.86. The molecule has 0 saturated carbocycles. The van der Waals surface area contributed by atoms with E-state index in [0.717, 1.165) is 12.0 Å². The maximum atomic E-state index is 13.2. The number of fused-ring (bicyclic) bond motifs is 1. The lowest BCUT2D eigenvalue weighted by Crippen LogP contribution is -2.44. The number of benzene rings is 1. The number of aliphatic hydroxyl groups excluding tert-OH is 3. The van der Waals surface area contributed by atoms with E-state index in [2.05, 4.69) is 13.0 Å². The van der Waals surface area contributed by atoms with Crippen molar-refractivity contribution in [3.8, 4) is 5.75 Å². The summed E-state index contributed by atoms with van der Waals surface area (Å²) >= 11 is 12.4. The number of unbranched alkanes of at least 4 members (excludes halogenated alkanes) is 1. The van der Waals surface area contributed by atoms with Crippen LogP contribution in [0.4, 0.5) is 0 Å². The lowest BCUT2D eigenvalue weighted by atomic mass is 9.66. The van der Waals surface area contributed by atoms with Crippen molar-refractivity contribution in [1.82, 2.24) is 0 Å². The summed E-state index contributed by atoms with van der Waals surface area (Å²) in [5.41, 5.74) is 0.911. The fraction of sp³-hybridized carbons (Fsp3) is 0.571. The number of para-hydroxylation sites is 1. The maximum absolute atomic E-state index is 13.2. The predicted octanol–water partition coefficient (Wildman–Crippen LogP) is 4.56. The van der Waals surface area contributed by atoms with Crippen molar-refractivity contribution in [2.75, 3.05) is 0 Å². The van der Waals surface area contributed by atoms with Gasteiger partial charge in [0.15, 0.2) is 18.0 Å². The van der Waals surface area contributed by atoms with Crippen molar-refractivity contribution in [1.29, 1.82) is 0 Å². The lowest BCUT2D eigenvalue weighted by molar-refractivity contribution is -0.163. The number of rotatable bonds is 12. The first-order valence-corrected chi connectivity index (χ1v) is 13.8. The molecule has 4 N–H and O–H groups in total. The summed E-state index contributed by atoms with van der Waals surface area (Å²) < 4.78 is 11.9. The van der Waals surface area contributed by atoms with Gasteiger partial charge >= 0.3 is 11.9 Å². The smallest absolute Gasteiger partial charge is 0.347 e. The van der Waals surface area contributed by atoms with Crippen molar-refractivity contribution in [3.05, 3.63) is 52.0 Å². The number of allylic oxidation sites excluding steroid dienone is 2. The molecule has 0 aromatic heterocycles. The molecule has 0 saturated heterocycles. The molecule has 0 amide bonds. The highest BCUT2D eigenvalue weighted by atomic mass is 35.5. The fourth-order valence-electron chi connectivity index (χ4n) is 5.30. The SMILES string of the molecule is CCC(Oc1c(Cl)cccc1Cl)C(=O)OC1CC(O)C=C2C=CC(C)C(CCCCC(O)C(O)C(=O)O)C21. The first kappa shape index (κ1) is 30.4. The van der Waals surface area contributed by atoms with Crippen molar-refractivity contribution in [2.45, 2.75) is 82.9 Å². The molecule has 0 radical (unpaired) electrons. The first-order chi connectivity index (χ1) is 18.0. The molecule has 1 aromatic carbocycles. The average molecular weight is 571 g/mol. The van der Waals surface area contributed by atoms with Crippen molar-refractivity contribution in [3.63, 3.8) is 0 Å². The van der Waals surface area contributed by atoms with Gasteiger partial charge in [-0.1, -0.05) is 74.2 Å². The predicted molar refractivity (Wildman–Crippen MR) is 143 cm³/mol. The summed E-state index contributed by atoms with van der Waals surface area (Å²) in [6, 6.07) is 4.93. The Balaban J connectivity index is 1.70. The number of carbonyl (C=O) groups excluding carboxylic acids is 1. The summed E-state index contributed by atoms with van der Waals surface area (Å²) in [5, 5.41) is 39.3. The number of carboxylic acid groups (broad SMARTS) is 1. The van der Waals surface area contributed by atoms with Crippen molar-refractivity contribution in [2.24, 2.45) is 17.8 Å². The number of carboxylic acids is 1. The Morgan fingerprint density at radius 3 is 2.47 bits per heavy atom. The van der Waals surface area contributed by atoms with Crippen molar-refractivity contribution >= 4 is 35.1 Å². The van der Waals surface area contributed by atoms with Crippen LogP contribution in [0.5, 0.6) is 5.75 Å². The molecule has 2 aliphatic rings. The number of aliphatic carboxylic acids is 1. The van der Waals surface area contributed by atoms with Gasteiger partial charge in [-0.3, -0.25) is 0 Å². The first-order valence-electron chi connectivity index (χ1n) is 13.0. The Hall–Kier alpha value is -2.10. The van der Waals surface area contributed by atoms with Crippen molar-refractivity contribution < 1.29 is 39.5 Å². The quantitative estimate of drug-likeness (QED) is 0.212. The summed E-state index contributed by atoms with van der Waals surface area (Å²) in [7, 11) is 0.